The molecule has 0 fully saturated rings. The molecule has 1 rings (SSSR count). The van der Waals surface area contributed by atoms with Crippen molar-refractivity contribution in [3.05, 3.63) is 17.7 Å². The molecule has 0 radical (unpaired) electrons. The van der Waals surface area contributed by atoms with Crippen LogP contribution in [0.5, 0.6) is 17.2 Å². The van der Waals surface area contributed by atoms with Gasteiger partial charge < -0.3 is 19.5 Å². The summed E-state index contributed by atoms with van der Waals surface area (Å²) in [5.41, 5.74) is 1.35. The zero-order valence-corrected chi connectivity index (χ0v) is 13.5. The molecule has 4 nitrogen and oxygen atoms in total. The van der Waals surface area contributed by atoms with E-state index in [0.29, 0.717) is 12.0 Å². The molecule has 114 valence electrons. The Bertz CT molecular complexity index is 399. The molecule has 1 aromatic rings. The first-order chi connectivity index (χ1) is 9.41. The molecule has 0 heterocycles. The van der Waals surface area contributed by atoms with E-state index in [1.54, 1.807) is 21.3 Å². The van der Waals surface area contributed by atoms with Crippen LogP contribution in [0.25, 0.3) is 0 Å². The van der Waals surface area contributed by atoms with Crippen molar-refractivity contribution >= 4 is 0 Å². The highest BCUT2D eigenvalue weighted by atomic mass is 16.5. The lowest BCUT2D eigenvalue weighted by molar-refractivity contribution is 0.355. The number of hydrogen-bond acceptors (Lipinski definition) is 4. The summed E-state index contributed by atoms with van der Waals surface area (Å²) >= 11 is 0. The van der Waals surface area contributed by atoms with Crippen LogP contribution in [0.2, 0.25) is 0 Å². The maximum Gasteiger partial charge on any atom is 0.130 e. The highest BCUT2D eigenvalue weighted by Crippen LogP contribution is 2.33. The van der Waals surface area contributed by atoms with Gasteiger partial charge in [-0.15, -0.1) is 0 Å². The summed E-state index contributed by atoms with van der Waals surface area (Å²) in [5.74, 6) is 2.30. The van der Waals surface area contributed by atoms with Gasteiger partial charge in [0.15, 0.2) is 0 Å². The first kappa shape index (κ1) is 16.6. The van der Waals surface area contributed by atoms with Gasteiger partial charge in [0.1, 0.15) is 17.2 Å². The van der Waals surface area contributed by atoms with Gasteiger partial charge in [-0.2, -0.15) is 0 Å². The second-order valence-electron chi connectivity index (χ2n) is 6.00. The van der Waals surface area contributed by atoms with Gasteiger partial charge in [-0.1, -0.05) is 20.8 Å². The Kier molecular flexibility index (Phi) is 6.14. The Balaban J connectivity index is 2.77. The molecule has 4 heteroatoms. The minimum Gasteiger partial charge on any atom is -0.496 e. The van der Waals surface area contributed by atoms with Crippen molar-refractivity contribution in [2.45, 2.75) is 33.7 Å². The Hall–Kier alpha value is -1.42. The highest BCUT2D eigenvalue weighted by Gasteiger charge is 2.14. The largest absolute Gasteiger partial charge is 0.496 e. The third kappa shape index (κ3) is 4.93. The van der Waals surface area contributed by atoms with E-state index in [1.165, 1.54) is 0 Å². The maximum absolute atomic E-state index is 5.43. The molecule has 0 aliphatic rings. The molecule has 0 unspecified atom stereocenters. The van der Waals surface area contributed by atoms with Crippen LogP contribution in [0.1, 0.15) is 32.8 Å². The van der Waals surface area contributed by atoms with E-state index in [-0.39, 0.29) is 0 Å². The molecule has 1 aromatic carbocycles. The summed E-state index contributed by atoms with van der Waals surface area (Å²) in [4.78, 5) is 0. The van der Waals surface area contributed by atoms with Gasteiger partial charge in [0.05, 0.1) is 26.9 Å². The second-order valence-corrected chi connectivity index (χ2v) is 6.00. The Morgan fingerprint density at radius 3 is 1.90 bits per heavy atom. The summed E-state index contributed by atoms with van der Waals surface area (Å²) in [6.45, 7) is 8.39. The van der Waals surface area contributed by atoms with Crippen LogP contribution in [0.15, 0.2) is 12.1 Å². The lowest BCUT2D eigenvalue weighted by Gasteiger charge is -2.19. The van der Waals surface area contributed by atoms with Gasteiger partial charge in [-0.3, -0.25) is 0 Å². The number of benzene rings is 1. The third-order valence-electron chi connectivity index (χ3n) is 3.17. The van der Waals surface area contributed by atoms with Crippen LogP contribution in [-0.4, -0.2) is 27.9 Å². The molecule has 1 N–H and O–H groups in total. The van der Waals surface area contributed by atoms with Crippen molar-refractivity contribution in [1.29, 1.82) is 0 Å². The minimum atomic E-state index is 0.334. The fraction of sp³-hybridized carbons (Fsp3) is 0.625. The number of ether oxygens (including phenoxy) is 3. The molecule has 0 aromatic heterocycles. The molecule has 0 saturated carbocycles. The lowest BCUT2D eigenvalue weighted by atomic mass is 9.92. The quantitative estimate of drug-likeness (QED) is 0.779. The van der Waals surface area contributed by atoms with Crippen LogP contribution in [0.3, 0.4) is 0 Å². The second kappa shape index (κ2) is 7.39. The first-order valence-corrected chi connectivity index (χ1v) is 6.91. The highest BCUT2D eigenvalue weighted by molar-refractivity contribution is 5.50. The molecule has 20 heavy (non-hydrogen) atoms. The van der Waals surface area contributed by atoms with E-state index >= 15 is 0 Å². The number of methoxy groups -OCH3 is 3. The molecule has 0 saturated heterocycles. The van der Waals surface area contributed by atoms with Crippen LogP contribution in [0.4, 0.5) is 0 Å². The molecule has 0 aliphatic heterocycles. The fourth-order valence-electron chi connectivity index (χ4n) is 1.93. The first-order valence-electron chi connectivity index (χ1n) is 6.91. The Morgan fingerprint density at radius 1 is 0.950 bits per heavy atom. The predicted octanol–water partition coefficient (Wildman–Crippen LogP) is 3.24. The normalized spacial score (nSPS) is 11.3. The van der Waals surface area contributed by atoms with Gasteiger partial charge in [-0.05, 0) is 18.4 Å². The van der Waals surface area contributed by atoms with Crippen LogP contribution in [0, 0.1) is 5.41 Å². The van der Waals surface area contributed by atoms with Gasteiger partial charge >= 0.3 is 0 Å². The maximum atomic E-state index is 5.43. The van der Waals surface area contributed by atoms with E-state index in [2.05, 4.69) is 26.1 Å². The van der Waals surface area contributed by atoms with E-state index in [9.17, 15) is 0 Å². The fourth-order valence-corrected chi connectivity index (χ4v) is 1.93. The van der Waals surface area contributed by atoms with Crippen LogP contribution < -0.4 is 19.5 Å². The molecule has 0 aliphatic carbocycles. The van der Waals surface area contributed by atoms with E-state index in [4.69, 9.17) is 14.2 Å². The van der Waals surface area contributed by atoms with Crippen molar-refractivity contribution in [2.24, 2.45) is 5.41 Å². The average Bonchev–Trinajstić information content (AvgIpc) is 2.41. The monoisotopic (exact) mass is 281 g/mol. The molecule has 0 spiro atoms. The summed E-state index contributed by atoms with van der Waals surface area (Å²) in [7, 11) is 4.95. The van der Waals surface area contributed by atoms with E-state index in [1.807, 2.05) is 12.1 Å². The molecular formula is C16H27NO3. The number of rotatable bonds is 7. The predicted molar refractivity (Wildman–Crippen MR) is 81.9 cm³/mol. The summed E-state index contributed by atoms with van der Waals surface area (Å²) < 4.78 is 16.1. The lowest BCUT2D eigenvalue weighted by Crippen LogP contribution is -2.20. The zero-order chi connectivity index (χ0) is 15.2. The molecule has 0 amide bonds. The van der Waals surface area contributed by atoms with Gasteiger partial charge in [0.25, 0.3) is 0 Å². The molecular weight excluding hydrogens is 254 g/mol. The standard InChI is InChI=1S/C16H27NO3/c1-16(2,3)7-8-17-11-13-14(19-5)9-12(18-4)10-15(13)20-6/h9-10,17H,7-8,11H2,1-6H3. The Morgan fingerprint density at radius 2 is 1.50 bits per heavy atom. The third-order valence-corrected chi connectivity index (χ3v) is 3.17. The van der Waals surface area contributed by atoms with E-state index in [0.717, 1.165) is 35.8 Å². The SMILES string of the molecule is COc1cc(OC)c(CNCCC(C)(C)C)c(OC)c1. The smallest absolute Gasteiger partial charge is 0.130 e. The van der Waals surface area contributed by atoms with Gasteiger partial charge in [0.2, 0.25) is 0 Å². The van der Waals surface area contributed by atoms with Crippen LogP contribution >= 0.6 is 0 Å². The summed E-state index contributed by atoms with van der Waals surface area (Å²) in [6.07, 6.45) is 1.12. The Labute approximate surface area is 122 Å². The molecule has 0 atom stereocenters. The topological polar surface area (TPSA) is 39.7 Å². The van der Waals surface area contributed by atoms with Crippen molar-refractivity contribution in [3.63, 3.8) is 0 Å². The van der Waals surface area contributed by atoms with Gasteiger partial charge in [-0.25, -0.2) is 0 Å². The van der Waals surface area contributed by atoms with Gasteiger partial charge in [0, 0.05) is 18.7 Å². The van der Waals surface area contributed by atoms with Crippen molar-refractivity contribution < 1.29 is 14.2 Å². The van der Waals surface area contributed by atoms with E-state index < -0.39 is 0 Å². The minimum absolute atomic E-state index is 0.334. The zero-order valence-electron chi connectivity index (χ0n) is 13.5. The molecule has 0 bridgehead atoms. The average molecular weight is 281 g/mol. The van der Waals surface area contributed by atoms with Crippen molar-refractivity contribution in [2.75, 3.05) is 27.9 Å². The van der Waals surface area contributed by atoms with Crippen molar-refractivity contribution in [1.82, 2.24) is 5.32 Å². The summed E-state index contributed by atoms with van der Waals surface area (Å²) in [5, 5.41) is 3.44. The van der Waals surface area contributed by atoms with Crippen molar-refractivity contribution in [3.8, 4) is 17.2 Å². The van der Waals surface area contributed by atoms with Crippen LogP contribution in [-0.2, 0) is 6.54 Å². The number of nitrogens with one attached hydrogen (secondary N) is 1. The summed E-state index contributed by atoms with van der Waals surface area (Å²) in [6, 6.07) is 3.76. The number of hydrogen-bond donors (Lipinski definition) is 1.